The average Bonchev–Trinajstić information content (AvgIpc) is 2.22. The van der Waals surface area contributed by atoms with Crippen LogP contribution in [0, 0.1) is 0 Å². The van der Waals surface area contributed by atoms with Crippen molar-refractivity contribution in [1.82, 2.24) is 0 Å². The summed E-state index contributed by atoms with van der Waals surface area (Å²) in [4.78, 5) is 2.47. The zero-order valence-electron chi connectivity index (χ0n) is 9.66. The molecule has 2 rings (SSSR count). The van der Waals surface area contributed by atoms with Crippen LogP contribution in [0.15, 0.2) is 36.4 Å². The highest BCUT2D eigenvalue weighted by Crippen LogP contribution is 2.30. The van der Waals surface area contributed by atoms with Crippen LogP contribution in [0.5, 0.6) is 0 Å². The second-order valence-corrected chi connectivity index (χ2v) is 4.60. The molecule has 15 heavy (non-hydrogen) atoms. The van der Waals surface area contributed by atoms with Gasteiger partial charge in [-0.15, -0.1) is 0 Å². The quantitative estimate of drug-likeness (QED) is 0.663. The maximum absolute atomic E-state index is 4.01. The minimum Gasteiger partial charge on any atom is -0.365 e. The summed E-state index contributed by atoms with van der Waals surface area (Å²) in [6.45, 7) is 9.40. The van der Waals surface area contributed by atoms with Crippen molar-refractivity contribution in [1.29, 1.82) is 0 Å². The predicted molar refractivity (Wildman–Crippen MR) is 66.4 cm³/mol. The molecule has 0 radical (unpaired) electrons. The normalized spacial score (nSPS) is 19.9. The minimum atomic E-state index is 0.636. The smallest absolute Gasteiger partial charge is 0.0404 e. The third-order valence-electron chi connectivity index (χ3n) is 3.10. The first-order valence-electron chi connectivity index (χ1n) is 5.67. The number of fused-ring (bicyclic) bond motifs is 1. The van der Waals surface area contributed by atoms with Crippen LogP contribution in [0.3, 0.4) is 0 Å². The van der Waals surface area contributed by atoms with Crippen molar-refractivity contribution < 1.29 is 0 Å². The van der Waals surface area contributed by atoms with Gasteiger partial charge in [0.05, 0.1) is 0 Å². The van der Waals surface area contributed by atoms with Gasteiger partial charge in [0.2, 0.25) is 0 Å². The molecule has 1 nitrogen and oxygen atoms in total. The summed E-state index contributed by atoms with van der Waals surface area (Å²) in [6.07, 6.45) is 2.47. The first-order chi connectivity index (χ1) is 7.18. The van der Waals surface area contributed by atoms with Gasteiger partial charge in [-0.25, -0.2) is 0 Å². The molecular formula is C14H19N. The summed E-state index contributed by atoms with van der Waals surface area (Å²) in [5, 5.41) is 0. The highest BCUT2D eigenvalue weighted by molar-refractivity contribution is 5.57. The summed E-state index contributed by atoms with van der Waals surface area (Å²) in [7, 11) is 0. The zero-order chi connectivity index (χ0) is 10.8. The molecule has 1 aromatic carbocycles. The Labute approximate surface area is 92.4 Å². The summed E-state index contributed by atoms with van der Waals surface area (Å²) >= 11 is 0. The Morgan fingerprint density at radius 2 is 2.20 bits per heavy atom. The van der Waals surface area contributed by atoms with Gasteiger partial charge >= 0.3 is 0 Å². The van der Waals surface area contributed by atoms with Gasteiger partial charge in [0, 0.05) is 18.3 Å². The number of nitrogens with zero attached hydrogens (tertiary/aromatic N) is 1. The highest BCUT2D eigenvalue weighted by atomic mass is 15.2. The van der Waals surface area contributed by atoms with Crippen molar-refractivity contribution in [2.24, 2.45) is 0 Å². The first kappa shape index (κ1) is 10.3. The molecule has 0 saturated heterocycles. The van der Waals surface area contributed by atoms with Gasteiger partial charge in [0.25, 0.3) is 0 Å². The molecule has 1 aliphatic rings. The monoisotopic (exact) mass is 201 g/mol. The fraction of sp³-hybridized carbons (Fsp3) is 0.429. The van der Waals surface area contributed by atoms with Gasteiger partial charge in [-0.3, -0.25) is 0 Å². The Kier molecular flexibility index (Phi) is 2.81. The van der Waals surface area contributed by atoms with Crippen LogP contribution >= 0.6 is 0 Å². The molecule has 0 aliphatic carbocycles. The predicted octanol–water partition coefficient (Wildman–Crippen LogP) is 3.40. The van der Waals surface area contributed by atoms with Crippen molar-refractivity contribution in [2.45, 2.75) is 32.7 Å². The Morgan fingerprint density at radius 3 is 2.93 bits per heavy atom. The van der Waals surface area contributed by atoms with Crippen LogP contribution in [0.1, 0.15) is 25.8 Å². The Hall–Kier alpha value is -1.24. The van der Waals surface area contributed by atoms with E-state index in [1.54, 1.807) is 0 Å². The molecule has 1 heteroatoms. The Morgan fingerprint density at radius 1 is 1.47 bits per heavy atom. The average molecular weight is 201 g/mol. The van der Waals surface area contributed by atoms with Crippen LogP contribution in [0.2, 0.25) is 0 Å². The lowest BCUT2D eigenvalue weighted by Gasteiger charge is -2.37. The summed E-state index contributed by atoms with van der Waals surface area (Å²) in [5.41, 5.74) is 4.12. The van der Waals surface area contributed by atoms with Crippen molar-refractivity contribution >= 4 is 5.69 Å². The molecule has 1 aromatic rings. The van der Waals surface area contributed by atoms with E-state index >= 15 is 0 Å². The third kappa shape index (κ3) is 2.06. The SMILES string of the molecule is C=C(C)CN1c2ccccc2CCC1C. The van der Waals surface area contributed by atoms with Gasteiger partial charge in [0.1, 0.15) is 0 Å². The van der Waals surface area contributed by atoms with Gasteiger partial charge in [-0.05, 0) is 38.3 Å². The molecule has 80 valence electrons. The second kappa shape index (κ2) is 4.09. The van der Waals surface area contributed by atoms with Gasteiger partial charge in [0.15, 0.2) is 0 Å². The van der Waals surface area contributed by atoms with E-state index in [9.17, 15) is 0 Å². The fourth-order valence-electron chi connectivity index (χ4n) is 2.29. The highest BCUT2D eigenvalue weighted by Gasteiger charge is 2.21. The molecule has 1 aliphatic heterocycles. The topological polar surface area (TPSA) is 3.24 Å². The molecule has 0 amide bonds. The lowest BCUT2D eigenvalue weighted by molar-refractivity contribution is 0.577. The molecule has 1 unspecified atom stereocenters. The standard InChI is InChI=1S/C14H19N/c1-11(2)10-15-12(3)8-9-13-6-4-5-7-14(13)15/h4-7,12H,1,8-10H2,2-3H3. The lowest BCUT2D eigenvalue weighted by atomic mass is 9.96. The van der Waals surface area contributed by atoms with E-state index in [1.165, 1.54) is 29.7 Å². The molecule has 0 aromatic heterocycles. The molecule has 0 fully saturated rings. The molecule has 0 bridgehead atoms. The fourth-order valence-corrected chi connectivity index (χ4v) is 2.29. The van der Waals surface area contributed by atoms with Crippen LogP contribution in [0.25, 0.3) is 0 Å². The van der Waals surface area contributed by atoms with E-state index in [2.05, 4.69) is 49.6 Å². The van der Waals surface area contributed by atoms with Crippen molar-refractivity contribution in [3.63, 3.8) is 0 Å². The van der Waals surface area contributed by atoms with E-state index in [1.807, 2.05) is 0 Å². The van der Waals surface area contributed by atoms with Crippen LogP contribution < -0.4 is 4.90 Å². The summed E-state index contributed by atoms with van der Waals surface area (Å²) < 4.78 is 0. The van der Waals surface area contributed by atoms with Gasteiger partial charge < -0.3 is 4.90 Å². The van der Waals surface area contributed by atoms with Crippen molar-refractivity contribution in [3.05, 3.63) is 42.0 Å². The molecule has 0 saturated carbocycles. The van der Waals surface area contributed by atoms with Gasteiger partial charge in [-0.2, -0.15) is 0 Å². The summed E-state index contributed by atoms with van der Waals surface area (Å²) in [5.74, 6) is 0. The maximum Gasteiger partial charge on any atom is 0.0404 e. The first-order valence-corrected chi connectivity index (χ1v) is 5.67. The number of para-hydroxylation sites is 1. The number of anilines is 1. The van der Waals surface area contributed by atoms with E-state index < -0.39 is 0 Å². The third-order valence-corrected chi connectivity index (χ3v) is 3.10. The Bertz CT molecular complexity index is 367. The second-order valence-electron chi connectivity index (χ2n) is 4.60. The number of hydrogen-bond acceptors (Lipinski definition) is 1. The van der Waals surface area contributed by atoms with Crippen LogP contribution in [-0.4, -0.2) is 12.6 Å². The lowest BCUT2D eigenvalue weighted by Crippen LogP contribution is -2.38. The number of rotatable bonds is 2. The van der Waals surface area contributed by atoms with E-state index in [0.717, 1.165) is 6.54 Å². The number of hydrogen-bond donors (Lipinski definition) is 0. The Balaban J connectivity index is 2.32. The molecular weight excluding hydrogens is 182 g/mol. The maximum atomic E-state index is 4.01. The van der Waals surface area contributed by atoms with Gasteiger partial charge in [-0.1, -0.05) is 30.4 Å². The van der Waals surface area contributed by atoms with E-state index in [-0.39, 0.29) is 0 Å². The van der Waals surface area contributed by atoms with Crippen molar-refractivity contribution in [2.75, 3.05) is 11.4 Å². The zero-order valence-corrected chi connectivity index (χ0v) is 9.66. The minimum absolute atomic E-state index is 0.636. The molecule has 0 N–H and O–H groups in total. The molecule has 0 spiro atoms. The van der Waals surface area contributed by atoms with Crippen molar-refractivity contribution in [3.8, 4) is 0 Å². The molecule has 1 heterocycles. The largest absolute Gasteiger partial charge is 0.365 e. The van der Waals surface area contributed by atoms with Crippen LogP contribution in [-0.2, 0) is 6.42 Å². The van der Waals surface area contributed by atoms with Crippen LogP contribution in [0.4, 0.5) is 5.69 Å². The molecule has 1 atom stereocenters. The number of aryl methyl sites for hydroxylation is 1. The number of benzene rings is 1. The van der Waals surface area contributed by atoms with E-state index in [0.29, 0.717) is 6.04 Å². The van der Waals surface area contributed by atoms with E-state index in [4.69, 9.17) is 0 Å². The summed E-state index contributed by atoms with van der Waals surface area (Å²) in [6, 6.07) is 9.37.